The maximum atomic E-state index is 4.40. The molecule has 18 heavy (non-hydrogen) atoms. The van der Waals surface area contributed by atoms with Crippen LogP contribution >= 0.6 is 0 Å². The number of nitrogens with one attached hydrogen (secondary N) is 1. The molecule has 1 unspecified atom stereocenters. The van der Waals surface area contributed by atoms with Crippen molar-refractivity contribution < 1.29 is 0 Å². The summed E-state index contributed by atoms with van der Waals surface area (Å²) < 4.78 is 0. The molecule has 1 atom stereocenters. The molecule has 102 valence electrons. The van der Waals surface area contributed by atoms with E-state index >= 15 is 0 Å². The van der Waals surface area contributed by atoms with Gasteiger partial charge in [-0.2, -0.15) is 0 Å². The van der Waals surface area contributed by atoms with Gasteiger partial charge in [0.2, 0.25) is 0 Å². The van der Waals surface area contributed by atoms with Crippen molar-refractivity contribution in [1.82, 2.24) is 14.9 Å². The summed E-state index contributed by atoms with van der Waals surface area (Å²) in [5.74, 6) is 1.78. The van der Waals surface area contributed by atoms with Gasteiger partial charge in [-0.15, -0.1) is 0 Å². The lowest BCUT2D eigenvalue weighted by atomic mass is 10.2. The number of nitrogens with zero attached hydrogens (tertiary/aromatic N) is 3. The summed E-state index contributed by atoms with van der Waals surface area (Å²) >= 11 is 0. The SMILES string of the molecule is CCc1cc(NCCN(C)C(C)CC)nc(C)n1. The molecule has 4 heteroatoms. The van der Waals surface area contributed by atoms with E-state index in [1.165, 1.54) is 6.42 Å². The second-order valence-electron chi connectivity index (χ2n) is 4.81. The van der Waals surface area contributed by atoms with Crippen LogP contribution in [0.15, 0.2) is 6.07 Å². The topological polar surface area (TPSA) is 41.0 Å². The third-order valence-corrected chi connectivity index (χ3v) is 3.37. The Kier molecular flexibility index (Phi) is 6.05. The number of aryl methyl sites for hydroxylation is 2. The van der Waals surface area contributed by atoms with Gasteiger partial charge in [-0.25, -0.2) is 9.97 Å². The molecule has 0 aliphatic carbocycles. The van der Waals surface area contributed by atoms with E-state index in [1.807, 2.05) is 13.0 Å². The van der Waals surface area contributed by atoms with Crippen LogP contribution in [-0.4, -0.2) is 41.0 Å². The van der Waals surface area contributed by atoms with Gasteiger partial charge in [0.25, 0.3) is 0 Å². The molecular weight excluding hydrogens is 224 g/mol. The van der Waals surface area contributed by atoms with Crippen molar-refractivity contribution >= 4 is 5.82 Å². The summed E-state index contributed by atoms with van der Waals surface area (Å²) in [6.45, 7) is 10.5. The Morgan fingerprint density at radius 2 is 2.06 bits per heavy atom. The number of anilines is 1. The van der Waals surface area contributed by atoms with Crippen LogP contribution in [0.5, 0.6) is 0 Å². The zero-order valence-electron chi connectivity index (χ0n) is 12.3. The molecule has 0 aliphatic heterocycles. The van der Waals surface area contributed by atoms with Crippen molar-refractivity contribution in [3.63, 3.8) is 0 Å². The lowest BCUT2D eigenvalue weighted by Gasteiger charge is -2.23. The van der Waals surface area contributed by atoms with E-state index in [0.29, 0.717) is 6.04 Å². The van der Waals surface area contributed by atoms with Crippen LogP contribution in [-0.2, 0) is 6.42 Å². The van der Waals surface area contributed by atoms with E-state index in [-0.39, 0.29) is 0 Å². The molecule has 0 saturated heterocycles. The van der Waals surface area contributed by atoms with Crippen LogP contribution in [0.25, 0.3) is 0 Å². The Bertz CT molecular complexity index is 365. The number of rotatable bonds is 7. The van der Waals surface area contributed by atoms with Crippen molar-refractivity contribution in [3.05, 3.63) is 17.6 Å². The zero-order chi connectivity index (χ0) is 13.5. The molecule has 0 bridgehead atoms. The monoisotopic (exact) mass is 250 g/mol. The van der Waals surface area contributed by atoms with Gasteiger partial charge >= 0.3 is 0 Å². The molecular formula is C14H26N4. The zero-order valence-corrected chi connectivity index (χ0v) is 12.3. The summed E-state index contributed by atoms with van der Waals surface area (Å²) in [4.78, 5) is 11.1. The van der Waals surface area contributed by atoms with Crippen molar-refractivity contribution in [3.8, 4) is 0 Å². The highest BCUT2D eigenvalue weighted by Crippen LogP contribution is 2.07. The van der Waals surface area contributed by atoms with Crippen LogP contribution < -0.4 is 5.32 Å². The highest BCUT2D eigenvalue weighted by atomic mass is 15.1. The van der Waals surface area contributed by atoms with Gasteiger partial charge in [0, 0.05) is 30.9 Å². The van der Waals surface area contributed by atoms with Gasteiger partial charge in [0.1, 0.15) is 11.6 Å². The van der Waals surface area contributed by atoms with Crippen molar-refractivity contribution in [2.75, 3.05) is 25.5 Å². The van der Waals surface area contributed by atoms with Crippen LogP contribution in [0.1, 0.15) is 38.7 Å². The fraction of sp³-hybridized carbons (Fsp3) is 0.714. The van der Waals surface area contributed by atoms with Crippen LogP contribution in [0.4, 0.5) is 5.82 Å². The minimum absolute atomic E-state index is 0.630. The largest absolute Gasteiger partial charge is 0.369 e. The van der Waals surface area contributed by atoms with Gasteiger partial charge in [-0.05, 0) is 33.7 Å². The number of hydrogen-bond donors (Lipinski definition) is 1. The van der Waals surface area contributed by atoms with E-state index in [0.717, 1.165) is 36.8 Å². The van der Waals surface area contributed by atoms with Crippen molar-refractivity contribution in [2.24, 2.45) is 0 Å². The molecule has 0 aromatic carbocycles. The summed E-state index contributed by atoms with van der Waals surface area (Å²) in [5, 5.41) is 3.38. The fourth-order valence-corrected chi connectivity index (χ4v) is 1.79. The molecule has 1 aromatic heterocycles. The Balaban J connectivity index is 2.46. The summed E-state index contributed by atoms with van der Waals surface area (Å²) in [6, 6.07) is 2.67. The van der Waals surface area contributed by atoms with Gasteiger partial charge in [-0.3, -0.25) is 0 Å². The third kappa shape index (κ3) is 4.61. The van der Waals surface area contributed by atoms with E-state index in [2.05, 4.69) is 48.0 Å². The predicted molar refractivity (Wildman–Crippen MR) is 77.0 cm³/mol. The summed E-state index contributed by atoms with van der Waals surface area (Å²) in [6.07, 6.45) is 2.13. The second kappa shape index (κ2) is 7.31. The molecule has 0 aliphatic rings. The van der Waals surface area contributed by atoms with E-state index in [4.69, 9.17) is 0 Å². The molecule has 4 nitrogen and oxygen atoms in total. The maximum absolute atomic E-state index is 4.40. The molecule has 0 spiro atoms. The van der Waals surface area contributed by atoms with Gasteiger partial charge in [-0.1, -0.05) is 13.8 Å². The lowest BCUT2D eigenvalue weighted by Crippen LogP contribution is -2.32. The number of likely N-dealkylation sites (N-methyl/N-ethyl adjacent to an activating group) is 1. The molecule has 0 fully saturated rings. The quantitative estimate of drug-likeness (QED) is 0.807. The second-order valence-corrected chi connectivity index (χ2v) is 4.81. The number of aromatic nitrogens is 2. The fourth-order valence-electron chi connectivity index (χ4n) is 1.79. The van der Waals surface area contributed by atoms with Crippen LogP contribution in [0.2, 0.25) is 0 Å². The third-order valence-electron chi connectivity index (χ3n) is 3.37. The first kappa shape index (κ1) is 14.9. The Labute approximate surface area is 111 Å². The van der Waals surface area contributed by atoms with Gasteiger partial charge < -0.3 is 10.2 Å². The molecule has 1 N–H and O–H groups in total. The highest BCUT2D eigenvalue weighted by molar-refractivity contribution is 5.35. The number of hydrogen-bond acceptors (Lipinski definition) is 4. The van der Waals surface area contributed by atoms with E-state index < -0.39 is 0 Å². The Morgan fingerprint density at radius 1 is 1.33 bits per heavy atom. The van der Waals surface area contributed by atoms with Crippen molar-refractivity contribution in [1.29, 1.82) is 0 Å². The Morgan fingerprint density at radius 3 is 2.67 bits per heavy atom. The van der Waals surface area contributed by atoms with E-state index in [1.54, 1.807) is 0 Å². The molecule has 0 radical (unpaired) electrons. The average molecular weight is 250 g/mol. The maximum Gasteiger partial charge on any atom is 0.129 e. The lowest BCUT2D eigenvalue weighted by molar-refractivity contribution is 0.261. The van der Waals surface area contributed by atoms with Crippen molar-refractivity contribution in [2.45, 2.75) is 46.6 Å². The minimum atomic E-state index is 0.630. The van der Waals surface area contributed by atoms with Crippen LogP contribution in [0.3, 0.4) is 0 Å². The van der Waals surface area contributed by atoms with E-state index in [9.17, 15) is 0 Å². The molecule has 1 heterocycles. The predicted octanol–water partition coefficient (Wildman–Crippen LogP) is 2.49. The van der Waals surface area contributed by atoms with Crippen LogP contribution in [0, 0.1) is 6.92 Å². The van der Waals surface area contributed by atoms with Gasteiger partial charge in [0.15, 0.2) is 0 Å². The molecule has 0 saturated carbocycles. The molecule has 0 amide bonds. The first-order valence-electron chi connectivity index (χ1n) is 6.85. The smallest absolute Gasteiger partial charge is 0.129 e. The summed E-state index contributed by atoms with van der Waals surface area (Å²) in [5.41, 5.74) is 1.10. The molecule has 1 aromatic rings. The normalized spacial score (nSPS) is 12.8. The Hall–Kier alpha value is -1.16. The standard InChI is InChI=1S/C14H26N4/c1-6-11(3)18(5)9-8-15-14-10-13(7-2)16-12(4)17-14/h10-11H,6-9H2,1-5H3,(H,15,16,17). The first-order valence-corrected chi connectivity index (χ1v) is 6.85. The van der Waals surface area contributed by atoms with Gasteiger partial charge in [0.05, 0.1) is 0 Å². The minimum Gasteiger partial charge on any atom is -0.369 e. The average Bonchev–Trinajstić information content (AvgIpc) is 2.36. The molecule has 1 rings (SSSR count). The first-order chi connectivity index (χ1) is 8.56. The highest BCUT2D eigenvalue weighted by Gasteiger charge is 2.06. The summed E-state index contributed by atoms with van der Waals surface area (Å²) in [7, 11) is 2.17.